The number of rotatable bonds is 9. The Morgan fingerprint density at radius 3 is 1.89 bits per heavy atom. The summed E-state index contributed by atoms with van der Waals surface area (Å²) in [4.78, 5) is 2.42. The zero-order chi connectivity index (χ0) is 13.3. The molecule has 0 aromatic carbocycles. The van der Waals surface area contributed by atoms with Crippen LogP contribution in [0.5, 0.6) is 0 Å². The molecule has 1 heterocycles. The molecule has 0 spiro atoms. The minimum Gasteiger partial charge on any atom is -0.328 e. The molecule has 0 atom stereocenters. The maximum absolute atomic E-state index is 5.71. The van der Waals surface area contributed by atoms with Crippen LogP contribution in [-0.4, -0.2) is 63.4 Å². The van der Waals surface area contributed by atoms with Gasteiger partial charge in [0.25, 0.3) is 5.97 Å². The van der Waals surface area contributed by atoms with Crippen molar-refractivity contribution in [3.8, 4) is 0 Å². The predicted molar refractivity (Wildman–Crippen MR) is 71.5 cm³/mol. The molecule has 0 saturated carbocycles. The summed E-state index contributed by atoms with van der Waals surface area (Å²) in [5.74, 6) is -0.858. The molecule has 1 aliphatic rings. The van der Waals surface area contributed by atoms with E-state index in [2.05, 4.69) is 10.2 Å². The summed E-state index contributed by atoms with van der Waals surface area (Å²) < 4.78 is 17.1. The van der Waals surface area contributed by atoms with Crippen LogP contribution in [0.2, 0.25) is 0 Å². The molecule has 0 radical (unpaired) electrons. The molecular weight excluding hydrogens is 232 g/mol. The van der Waals surface area contributed by atoms with Gasteiger partial charge in [0, 0.05) is 59.0 Å². The number of nitrogens with zero attached hydrogens (tertiary/aromatic N) is 1. The monoisotopic (exact) mass is 260 g/mol. The maximum atomic E-state index is 5.71. The Bertz CT molecular complexity index is 191. The van der Waals surface area contributed by atoms with Gasteiger partial charge in [0.2, 0.25) is 0 Å². The molecule has 0 unspecified atom stereocenters. The lowest BCUT2D eigenvalue weighted by atomic mass is 10.3. The average Bonchev–Trinajstić information content (AvgIpc) is 2.39. The molecule has 1 saturated heterocycles. The molecular formula is C13H28N2O3. The van der Waals surface area contributed by atoms with Gasteiger partial charge in [-0.05, 0) is 20.8 Å². The van der Waals surface area contributed by atoms with E-state index in [9.17, 15) is 0 Å². The zero-order valence-corrected chi connectivity index (χ0v) is 12.0. The minimum absolute atomic E-state index is 0.599. The smallest absolute Gasteiger partial charge is 0.284 e. The number of hydrogen-bond donors (Lipinski definition) is 1. The molecule has 18 heavy (non-hydrogen) atoms. The topological polar surface area (TPSA) is 43.0 Å². The van der Waals surface area contributed by atoms with Crippen LogP contribution in [-0.2, 0) is 14.2 Å². The van der Waals surface area contributed by atoms with E-state index in [1.165, 1.54) is 0 Å². The number of hydrogen-bond acceptors (Lipinski definition) is 5. The lowest BCUT2D eigenvalue weighted by Gasteiger charge is -2.35. The van der Waals surface area contributed by atoms with Crippen LogP contribution in [0, 0.1) is 0 Å². The molecule has 0 bridgehead atoms. The van der Waals surface area contributed by atoms with Gasteiger partial charge in [0.1, 0.15) is 0 Å². The van der Waals surface area contributed by atoms with Crippen molar-refractivity contribution in [2.75, 3.05) is 52.5 Å². The van der Waals surface area contributed by atoms with E-state index in [4.69, 9.17) is 14.2 Å². The Hall–Kier alpha value is -0.200. The van der Waals surface area contributed by atoms with Gasteiger partial charge in [-0.15, -0.1) is 0 Å². The van der Waals surface area contributed by atoms with Crippen LogP contribution in [0.25, 0.3) is 0 Å². The summed E-state index contributed by atoms with van der Waals surface area (Å²) in [6.45, 7) is 12.9. The quantitative estimate of drug-likeness (QED) is 0.628. The molecule has 0 amide bonds. The van der Waals surface area contributed by atoms with Gasteiger partial charge < -0.3 is 24.4 Å². The fraction of sp³-hybridized carbons (Fsp3) is 1.00. The second-order valence-corrected chi connectivity index (χ2v) is 4.32. The summed E-state index contributed by atoms with van der Waals surface area (Å²) >= 11 is 0. The average molecular weight is 260 g/mol. The highest BCUT2D eigenvalue weighted by Gasteiger charge is 2.32. The van der Waals surface area contributed by atoms with Crippen molar-refractivity contribution < 1.29 is 14.2 Å². The molecule has 1 fully saturated rings. The van der Waals surface area contributed by atoms with Crippen LogP contribution in [0.15, 0.2) is 0 Å². The standard InChI is InChI=1S/C13H28N2O3/c1-4-16-13(17-5-2,18-6-3)7-10-15-11-8-14-9-12-15/h14H,4-12H2,1-3H3. The van der Waals surface area contributed by atoms with Crippen LogP contribution in [0.3, 0.4) is 0 Å². The van der Waals surface area contributed by atoms with Crippen LogP contribution < -0.4 is 5.32 Å². The molecule has 0 aromatic heterocycles. The summed E-state index contributed by atoms with van der Waals surface area (Å²) in [6, 6.07) is 0. The van der Waals surface area contributed by atoms with E-state index in [0.29, 0.717) is 19.8 Å². The van der Waals surface area contributed by atoms with Gasteiger partial charge in [0.15, 0.2) is 0 Å². The molecule has 1 N–H and O–H groups in total. The van der Waals surface area contributed by atoms with E-state index in [1.54, 1.807) is 0 Å². The first-order chi connectivity index (χ1) is 8.76. The summed E-state index contributed by atoms with van der Waals surface area (Å²) in [5, 5.41) is 3.35. The minimum atomic E-state index is -0.858. The highest BCUT2D eigenvalue weighted by atomic mass is 16.9. The largest absolute Gasteiger partial charge is 0.328 e. The fourth-order valence-electron chi connectivity index (χ4n) is 2.23. The molecule has 1 aliphatic heterocycles. The van der Waals surface area contributed by atoms with Gasteiger partial charge in [-0.25, -0.2) is 0 Å². The van der Waals surface area contributed by atoms with Crippen LogP contribution >= 0.6 is 0 Å². The molecule has 108 valence electrons. The maximum Gasteiger partial charge on any atom is 0.284 e. The first-order valence-corrected chi connectivity index (χ1v) is 7.11. The van der Waals surface area contributed by atoms with Crippen molar-refractivity contribution in [1.82, 2.24) is 10.2 Å². The Labute approximate surface area is 111 Å². The first-order valence-electron chi connectivity index (χ1n) is 7.11. The van der Waals surface area contributed by atoms with Crippen molar-refractivity contribution in [3.63, 3.8) is 0 Å². The summed E-state index contributed by atoms with van der Waals surface area (Å²) in [7, 11) is 0. The summed E-state index contributed by atoms with van der Waals surface area (Å²) in [5.41, 5.74) is 0. The third-order valence-corrected chi connectivity index (χ3v) is 3.04. The van der Waals surface area contributed by atoms with E-state index >= 15 is 0 Å². The number of ether oxygens (including phenoxy) is 3. The van der Waals surface area contributed by atoms with Crippen molar-refractivity contribution >= 4 is 0 Å². The molecule has 0 aromatic rings. The molecule has 5 nitrogen and oxygen atoms in total. The second kappa shape index (κ2) is 8.82. The lowest BCUT2D eigenvalue weighted by molar-refractivity contribution is -0.380. The predicted octanol–water partition coefficient (Wildman–Crippen LogP) is 1.04. The highest BCUT2D eigenvalue weighted by molar-refractivity contribution is 4.70. The van der Waals surface area contributed by atoms with E-state index < -0.39 is 5.97 Å². The van der Waals surface area contributed by atoms with Crippen molar-refractivity contribution in [2.24, 2.45) is 0 Å². The van der Waals surface area contributed by atoms with Gasteiger partial charge in [0.05, 0.1) is 0 Å². The Balaban J connectivity index is 2.46. The van der Waals surface area contributed by atoms with Gasteiger partial charge >= 0.3 is 0 Å². The number of nitrogens with one attached hydrogen (secondary N) is 1. The first kappa shape index (κ1) is 15.9. The normalized spacial score (nSPS) is 18.2. The van der Waals surface area contributed by atoms with Gasteiger partial charge in [-0.1, -0.05) is 0 Å². The molecule has 0 aliphatic carbocycles. The highest BCUT2D eigenvalue weighted by Crippen LogP contribution is 2.21. The third-order valence-electron chi connectivity index (χ3n) is 3.04. The van der Waals surface area contributed by atoms with E-state index in [-0.39, 0.29) is 0 Å². The molecule has 1 rings (SSSR count). The Morgan fingerprint density at radius 1 is 0.944 bits per heavy atom. The zero-order valence-electron chi connectivity index (χ0n) is 12.0. The Kier molecular flexibility index (Phi) is 7.77. The molecule has 5 heteroatoms. The Morgan fingerprint density at radius 2 is 1.44 bits per heavy atom. The van der Waals surface area contributed by atoms with Crippen molar-refractivity contribution in [1.29, 1.82) is 0 Å². The van der Waals surface area contributed by atoms with Gasteiger partial charge in [-0.2, -0.15) is 0 Å². The van der Waals surface area contributed by atoms with Gasteiger partial charge in [-0.3, -0.25) is 0 Å². The second-order valence-electron chi connectivity index (χ2n) is 4.32. The number of piperazine rings is 1. The fourth-order valence-corrected chi connectivity index (χ4v) is 2.23. The van der Waals surface area contributed by atoms with E-state index in [1.807, 2.05) is 20.8 Å². The van der Waals surface area contributed by atoms with E-state index in [0.717, 1.165) is 39.1 Å². The van der Waals surface area contributed by atoms with Crippen molar-refractivity contribution in [2.45, 2.75) is 33.2 Å². The lowest BCUT2D eigenvalue weighted by Crippen LogP contribution is -2.47. The van der Waals surface area contributed by atoms with Crippen molar-refractivity contribution in [3.05, 3.63) is 0 Å². The van der Waals surface area contributed by atoms with Crippen LogP contribution in [0.4, 0.5) is 0 Å². The SMILES string of the molecule is CCOC(CCN1CCNCC1)(OCC)OCC. The summed E-state index contributed by atoms with van der Waals surface area (Å²) in [6.07, 6.45) is 0.753. The third kappa shape index (κ3) is 5.20. The van der Waals surface area contributed by atoms with Crippen LogP contribution in [0.1, 0.15) is 27.2 Å².